The minimum atomic E-state index is -4.80. The lowest BCUT2D eigenvalue weighted by Gasteiger charge is -2.34. The van der Waals surface area contributed by atoms with Gasteiger partial charge in [-0.25, -0.2) is 13.1 Å². The number of aromatic nitrogens is 2. The van der Waals surface area contributed by atoms with Crippen molar-refractivity contribution >= 4 is 27.5 Å². The van der Waals surface area contributed by atoms with Gasteiger partial charge in [0.1, 0.15) is 5.69 Å². The Bertz CT molecular complexity index is 1180. The molecule has 8 nitrogen and oxygen atoms in total. The fourth-order valence-corrected chi connectivity index (χ4v) is 4.93. The van der Waals surface area contributed by atoms with Crippen molar-refractivity contribution in [3.05, 3.63) is 57.0 Å². The van der Waals surface area contributed by atoms with Gasteiger partial charge in [0.2, 0.25) is 10.0 Å². The van der Waals surface area contributed by atoms with Gasteiger partial charge in [0, 0.05) is 38.8 Å². The Hall–Kier alpha value is -2.44. The van der Waals surface area contributed by atoms with Gasteiger partial charge >= 0.3 is 6.18 Å². The van der Waals surface area contributed by atoms with Crippen LogP contribution in [-0.4, -0.2) is 59.5 Å². The van der Waals surface area contributed by atoms with E-state index in [1.165, 1.54) is 21.7 Å². The lowest BCUT2D eigenvalue weighted by Crippen LogP contribution is -2.50. The Balaban J connectivity index is 1.75. The van der Waals surface area contributed by atoms with Gasteiger partial charge in [-0.05, 0) is 30.7 Å². The van der Waals surface area contributed by atoms with E-state index in [-0.39, 0.29) is 37.4 Å². The number of nitrogens with zero attached hydrogens (tertiary/aromatic N) is 4. The maximum atomic E-state index is 13.1. The SMILES string of the molecule is CCCn1nc(C(=O)N2CCN(S(=O)(=O)c3ccc(Cl)c(C(F)(F)F)c3)CC2)ccc1=O. The number of amides is 1. The third-order valence-corrected chi connectivity index (χ3v) is 7.15. The first-order chi connectivity index (χ1) is 14.9. The standard InChI is InChI=1S/C19H20ClF3N4O4S/c1-2-7-27-17(28)6-5-16(24-27)18(29)25-8-10-26(11-9-25)32(30,31)13-3-4-15(20)14(12-13)19(21,22)23/h3-6,12H,2,7-11H2,1H3. The van der Waals surface area contributed by atoms with E-state index in [0.29, 0.717) is 19.0 Å². The first-order valence-corrected chi connectivity index (χ1v) is 11.5. The van der Waals surface area contributed by atoms with Crippen molar-refractivity contribution in [3.63, 3.8) is 0 Å². The Morgan fingerprint density at radius 2 is 1.78 bits per heavy atom. The van der Waals surface area contributed by atoms with Gasteiger partial charge in [-0.3, -0.25) is 9.59 Å². The summed E-state index contributed by atoms with van der Waals surface area (Å²) in [5, 5.41) is 3.46. The summed E-state index contributed by atoms with van der Waals surface area (Å²) in [5.41, 5.74) is -1.51. The molecular formula is C19H20ClF3N4O4S. The van der Waals surface area contributed by atoms with Gasteiger partial charge in [0.05, 0.1) is 15.5 Å². The number of sulfonamides is 1. The average Bonchev–Trinajstić information content (AvgIpc) is 2.74. The molecule has 0 bridgehead atoms. The first-order valence-electron chi connectivity index (χ1n) is 9.69. The zero-order valence-electron chi connectivity index (χ0n) is 17.0. The van der Waals surface area contributed by atoms with Crippen molar-refractivity contribution in [2.75, 3.05) is 26.2 Å². The minimum Gasteiger partial charge on any atom is -0.335 e. The molecule has 0 spiro atoms. The van der Waals surface area contributed by atoms with Crippen molar-refractivity contribution < 1.29 is 26.4 Å². The number of carbonyl (C=O) groups excluding carboxylic acids is 1. The van der Waals surface area contributed by atoms with Crippen LogP contribution in [0.5, 0.6) is 0 Å². The lowest BCUT2D eigenvalue weighted by molar-refractivity contribution is -0.137. The van der Waals surface area contributed by atoms with Crippen LogP contribution in [0.2, 0.25) is 5.02 Å². The molecule has 1 aliphatic heterocycles. The van der Waals surface area contributed by atoms with Crippen molar-refractivity contribution in [1.29, 1.82) is 0 Å². The molecule has 0 aliphatic carbocycles. The van der Waals surface area contributed by atoms with E-state index >= 15 is 0 Å². The fraction of sp³-hybridized carbons (Fsp3) is 0.421. The van der Waals surface area contributed by atoms with Gasteiger partial charge in [-0.2, -0.15) is 22.6 Å². The molecule has 1 saturated heterocycles. The van der Waals surface area contributed by atoms with E-state index in [2.05, 4.69) is 5.10 Å². The van der Waals surface area contributed by atoms with Crippen molar-refractivity contribution in [1.82, 2.24) is 19.0 Å². The topological polar surface area (TPSA) is 92.6 Å². The summed E-state index contributed by atoms with van der Waals surface area (Å²) >= 11 is 5.57. The number of alkyl halides is 3. The van der Waals surface area contributed by atoms with Gasteiger partial charge in [-0.15, -0.1) is 0 Å². The molecule has 13 heteroatoms. The van der Waals surface area contributed by atoms with Gasteiger partial charge in [-0.1, -0.05) is 18.5 Å². The summed E-state index contributed by atoms with van der Waals surface area (Å²) in [6, 6.07) is 4.98. The molecule has 0 N–H and O–H groups in total. The molecule has 0 saturated carbocycles. The van der Waals surface area contributed by atoms with Crippen LogP contribution >= 0.6 is 11.6 Å². The highest BCUT2D eigenvalue weighted by molar-refractivity contribution is 7.89. The number of benzene rings is 1. The quantitative estimate of drug-likeness (QED) is 0.639. The van der Waals surface area contributed by atoms with E-state index in [4.69, 9.17) is 11.6 Å². The average molecular weight is 493 g/mol. The summed E-state index contributed by atoms with van der Waals surface area (Å²) in [6.45, 7) is 2.05. The number of halogens is 4. The molecule has 1 amide bonds. The van der Waals surface area contributed by atoms with E-state index in [1.807, 2.05) is 6.92 Å². The van der Waals surface area contributed by atoms with Gasteiger partial charge in [0.25, 0.3) is 11.5 Å². The molecule has 1 aromatic carbocycles. The van der Waals surface area contributed by atoms with Crippen LogP contribution in [0.4, 0.5) is 13.2 Å². The zero-order valence-corrected chi connectivity index (χ0v) is 18.5. The number of aryl methyl sites for hydroxylation is 1. The molecule has 32 heavy (non-hydrogen) atoms. The molecule has 0 atom stereocenters. The van der Waals surface area contributed by atoms with Gasteiger partial charge in [0.15, 0.2) is 0 Å². The van der Waals surface area contributed by atoms with Crippen LogP contribution in [0.1, 0.15) is 29.4 Å². The van der Waals surface area contributed by atoms with Crippen molar-refractivity contribution in [2.24, 2.45) is 0 Å². The van der Waals surface area contributed by atoms with E-state index in [1.54, 1.807) is 0 Å². The number of hydrogen-bond acceptors (Lipinski definition) is 5. The molecule has 2 heterocycles. The molecule has 0 radical (unpaired) electrons. The smallest absolute Gasteiger partial charge is 0.335 e. The Labute approximate surface area is 187 Å². The van der Waals surface area contributed by atoms with Crippen LogP contribution in [0.15, 0.2) is 40.0 Å². The summed E-state index contributed by atoms with van der Waals surface area (Å²) in [5.74, 6) is -0.460. The van der Waals surface area contributed by atoms with Crippen molar-refractivity contribution in [3.8, 4) is 0 Å². The molecule has 1 aliphatic rings. The monoisotopic (exact) mass is 492 g/mol. The molecule has 0 unspecified atom stereocenters. The number of carbonyl (C=O) groups is 1. The van der Waals surface area contributed by atoms with Crippen molar-refractivity contribution in [2.45, 2.75) is 31.0 Å². The molecule has 1 fully saturated rings. The van der Waals surface area contributed by atoms with Gasteiger partial charge < -0.3 is 4.90 Å². The predicted molar refractivity (Wildman–Crippen MR) is 110 cm³/mol. The molecule has 174 valence electrons. The molecular weight excluding hydrogens is 473 g/mol. The summed E-state index contributed by atoms with van der Waals surface area (Å²) in [7, 11) is -4.22. The van der Waals surface area contributed by atoms with Crippen LogP contribution in [-0.2, 0) is 22.7 Å². The van der Waals surface area contributed by atoms with Crippen LogP contribution in [0.25, 0.3) is 0 Å². The lowest BCUT2D eigenvalue weighted by atomic mass is 10.2. The second-order valence-corrected chi connectivity index (χ2v) is 9.46. The number of hydrogen-bond donors (Lipinski definition) is 0. The highest BCUT2D eigenvalue weighted by Crippen LogP contribution is 2.36. The van der Waals surface area contributed by atoms with E-state index in [0.717, 1.165) is 16.4 Å². The molecule has 2 aromatic rings. The Kier molecular flexibility index (Phi) is 6.96. The first kappa shape index (κ1) is 24.2. The number of piperazine rings is 1. The van der Waals surface area contributed by atoms with E-state index < -0.39 is 37.6 Å². The Morgan fingerprint density at radius 1 is 1.12 bits per heavy atom. The minimum absolute atomic E-state index is 0.0202. The molecule has 3 rings (SSSR count). The normalized spacial score (nSPS) is 15.7. The van der Waals surface area contributed by atoms with Crippen LogP contribution < -0.4 is 5.56 Å². The third kappa shape index (κ3) is 4.97. The maximum absolute atomic E-state index is 13.1. The maximum Gasteiger partial charge on any atom is 0.417 e. The summed E-state index contributed by atoms with van der Waals surface area (Å²) in [6.07, 6.45) is -4.14. The zero-order chi connectivity index (χ0) is 23.7. The second-order valence-electron chi connectivity index (χ2n) is 7.12. The van der Waals surface area contributed by atoms with Crippen LogP contribution in [0, 0.1) is 0 Å². The Morgan fingerprint density at radius 3 is 2.38 bits per heavy atom. The van der Waals surface area contributed by atoms with Crippen LogP contribution in [0.3, 0.4) is 0 Å². The number of rotatable bonds is 5. The van der Waals surface area contributed by atoms with E-state index in [9.17, 15) is 31.2 Å². The summed E-state index contributed by atoms with van der Waals surface area (Å²) < 4.78 is 67.2. The molecule has 1 aromatic heterocycles. The fourth-order valence-electron chi connectivity index (χ4n) is 3.26. The highest BCUT2D eigenvalue weighted by Gasteiger charge is 2.36. The highest BCUT2D eigenvalue weighted by atomic mass is 35.5. The summed E-state index contributed by atoms with van der Waals surface area (Å²) in [4.78, 5) is 25.4. The largest absolute Gasteiger partial charge is 0.417 e. The third-order valence-electron chi connectivity index (χ3n) is 4.93. The predicted octanol–water partition coefficient (Wildman–Crippen LogP) is 2.47. The second kappa shape index (κ2) is 9.20.